The molecule has 8 heteroatoms. The van der Waals surface area contributed by atoms with Crippen LogP contribution in [-0.4, -0.2) is 39.0 Å². The molecule has 21 heavy (non-hydrogen) atoms. The summed E-state index contributed by atoms with van der Waals surface area (Å²) in [5.41, 5.74) is -1.22. The van der Waals surface area contributed by atoms with Crippen LogP contribution >= 0.6 is 0 Å². The predicted molar refractivity (Wildman–Crippen MR) is 69.9 cm³/mol. The fourth-order valence-corrected chi connectivity index (χ4v) is 1.50. The standard InChI is InChI=1S/C13H17FN2O5/c1-13(2,3)21-12(20)16-9(10(17)11(18)19)8-7(14)5-4-6-15-8/h4-6,9-10,17H,1-3H3,(H,16,20)(H,18,19)/t9-,10+/m0/s1. The molecule has 0 aliphatic carbocycles. The van der Waals surface area contributed by atoms with Crippen LogP contribution in [0.5, 0.6) is 0 Å². The molecule has 1 rings (SSSR count). The van der Waals surface area contributed by atoms with E-state index >= 15 is 0 Å². The molecule has 2 atom stereocenters. The summed E-state index contributed by atoms with van der Waals surface area (Å²) in [6.45, 7) is 4.82. The van der Waals surface area contributed by atoms with Crippen LogP contribution < -0.4 is 5.32 Å². The first kappa shape index (κ1) is 16.8. The number of aliphatic carboxylic acids is 1. The Balaban J connectivity index is 3.02. The average molecular weight is 300 g/mol. The zero-order chi connectivity index (χ0) is 16.2. The highest BCUT2D eigenvalue weighted by Crippen LogP contribution is 2.19. The topological polar surface area (TPSA) is 109 Å². The molecule has 0 fully saturated rings. The van der Waals surface area contributed by atoms with Gasteiger partial charge in [-0.25, -0.2) is 14.0 Å². The highest BCUT2D eigenvalue weighted by Gasteiger charge is 2.33. The van der Waals surface area contributed by atoms with E-state index in [0.717, 1.165) is 6.07 Å². The van der Waals surface area contributed by atoms with Gasteiger partial charge in [0.2, 0.25) is 0 Å². The van der Waals surface area contributed by atoms with Crippen molar-refractivity contribution in [3.63, 3.8) is 0 Å². The van der Waals surface area contributed by atoms with E-state index in [4.69, 9.17) is 9.84 Å². The molecule has 1 amide bonds. The zero-order valence-corrected chi connectivity index (χ0v) is 11.8. The number of rotatable bonds is 4. The monoisotopic (exact) mass is 300 g/mol. The highest BCUT2D eigenvalue weighted by molar-refractivity contribution is 5.75. The highest BCUT2D eigenvalue weighted by atomic mass is 19.1. The molecule has 0 aromatic carbocycles. The number of aliphatic hydroxyl groups is 1. The number of nitrogens with zero attached hydrogens (tertiary/aromatic N) is 1. The third-order valence-corrected chi connectivity index (χ3v) is 2.32. The summed E-state index contributed by atoms with van der Waals surface area (Å²) in [5.74, 6) is -2.47. The minimum Gasteiger partial charge on any atom is -0.479 e. The lowest BCUT2D eigenvalue weighted by Crippen LogP contribution is -2.43. The average Bonchev–Trinajstić information content (AvgIpc) is 2.34. The largest absolute Gasteiger partial charge is 0.479 e. The van der Waals surface area contributed by atoms with E-state index in [9.17, 15) is 19.1 Å². The second-order valence-corrected chi connectivity index (χ2v) is 5.28. The van der Waals surface area contributed by atoms with Crippen LogP contribution in [0.2, 0.25) is 0 Å². The molecule has 1 aromatic rings. The number of aliphatic hydroxyl groups excluding tert-OH is 1. The smallest absolute Gasteiger partial charge is 0.408 e. The van der Waals surface area contributed by atoms with Gasteiger partial charge in [0.15, 0.2) is 6.10 Å². The molecule has 0 saturated carbocycles. The number of carboxylic acid groups (broad SMARTS) is 1. The van der Waals surface area contributed by atoms with Crippen LogP contribution in [0.15, 0.2) is 18.3 Å². The maximum Gasteiger partial charge on any atom is 0.408 e. The summed E-state index contributed by atoms with van der Waals surface area (Å²) >= 11 is 0. The van der Waals surface area contributed by atoms with Gasteiger partial charge in [-0.1, -0.05) is 0 Å². The molecule has 1 heterocycles. The molecule has 0 saturated heterocycles. The van der Waals surface area contributed by atoms with Gasteiger partial charge in [-0.3, -0.25) is 4.98 Å². The van der Waals surface area contributed by atoms with Crippen molar-refractivity contribution in [3.05, 3.63) is 29.8 Å². The molecule has 0 radical (unpaired) electrons. The SMILES string of the molecule is CC(C)(C)OC(=O)N[C@@H](c1ncccc1F)[C@@H](O)C(=O)O. The molecule has 0 spiro atoms. The van der Waals surface area contributed by atoms with Crippen LogP contribution in [0.1, 0.15) is 32.5 Å². The molecule has 1 aromatic heterocycles. The number of alkyl carbamates (subject to hydrolysis) is 1. The number of carboxylic acids is 1. The number of ether oxygens (including phenoxy) is 1. The first-order valence-electron chi connectivity index (χ1n) is 6.12. The molecule has 0 bridgehead atoms. The molecule has 7 nitrogen and oxygen atoms in total. The predicted octanol–water partition coefficient (Wildman–Crippen LogP) is 1.23. The van der Waals surface area contributed by atoms with Gasteiger partial charge in [0.1, 0.15) is 23.2 Å². The van der Waals surface area contributed by atoms with E-state index in [1.54, 1.807) is 20.8 Å². The molecular formula is C13H17FN2O5. The minimum atomic E-state index is -2.07. The Morgan fingerprint density at radius 2 is 2.05 bits per heavy atom. The van der Waals surface area contributed by atoms with Gasteiger partial charge in [0.05, 0.1) is 0 Å². The van der Waals surface area contributed by atoms with Gasteiger partial charge >= 0.3 is 12.1 Å². The number of amides is 1. The van der Waals surface area contributed by atoms with Crippen molar-refractivity contribution in [1.29, 1.82) is 0 Å². The van der Waals surface area contributed by atoms with E-state index in [-0.39, 0.29) is 0 Å². The Bertz CT molecular complexity index is 530. The van der Waals surface area contributed by atoms with Crippen molar-refractivity contribution in [1.82, 2.24) is 10.3 Å². The van der Waals surface area contributed by atoms with E-state index in [0.29, 0.717) is 0 Å². The Morgan fingerprint density at radius 1 is 1.43 bits per heavy atom. The summed E-state index contributed by atoms with van der Waals surface area (Å²) in [5, 5.41) is 20.6. The summed E-state index contributed by atoms with van der Waals surface area (Å²) in [4.78, 5) is 26.3. The number of carbonyl (C=O) groups excluding carboxylic acids is 1. The third kappa shape index (κ3) is 4.99. The Hall–Kier alpha value is -2.22. The maximum absolute atomic E-state index is 13.7. The first-order valence-corrected chi connectivity index (χ1v) is 6.12. The van der Waals surface area contributed by atoms with E-state index < -0.39 is 41.3 Å². The lowest BCUT2D eigenvalue weighted by molar-refractivity contribution is -0.148. The Morgan fingerprint density at radius 3 is 2.52 bits per heavy atom. The number of aromatic nitrogens is 1. The number of hydrogen-bond acceptors (Lipinski definition) is 5. The van der Waals surface area contributed by atoms with Crippen molar-refractivity contribution >= 4 is 12.1 Å². The fourth-order valence-electron chi connectivity index (χ4n) is 1.50. The van der Waals surface area contributed by atoms with Crippen molar-refractivity contribution in [3.8, 4) is 0 Å². The Labute approximate surface area is 120 Å². The number of hydrogen-bond donors (Lipinski definition) is 3. The van der Waals surface area contributed by atoms with Gasteiger partial charge in [0.25, 0.3) is 0 Å². The van der Waals surface area contributed by atoms with Gasteiger partial charge < -0.3 is 20.3 Å². The lowest BCUT2D eigenvalue weighted by atomic mass is 10.1. The quantitative estimate of drug-likeness (QED) is 0.771. The second kappa shape index (κ2) is 6.49. The molecule has 0 unspecified atom stereocenters. The fraction of sp³-hybridized carbons (Fsp3) is 0.462. The van der Waals surface area contributed by atoms with E-state index in [1.165, 1.54) is 12.3 Å². The van der Waals surface area contributed by atoms with Gasteiger partial charge in [0, 0.05) is 6.20 Å². The number of pyridine rings is 1. The molecular weight excluding hydrogens is 283 g/mol. The van der Waals surface area contributed by atoms with E-state index in [1.807, 2.05) is 0 Å². The van der Waals surface area contributed by atoms with Crippen LogP contribution in [0, 0.1) is 5.82 Å². The van der Waals surface area contributed by atoms with Crippen molar-refractivity contribution in [2.75, 3.05) is 0 Å². The number of halogens is 1. The number of carbonyl (C=O) groups is 2. The van der Waals surface area contributed by atoms with Crippen LogP contribution in [0.25, 0.3) is 0 Å². The minimum absolute atomic E-state index is 0.391. The molecule has 0 aliphatic rings. The van der Waals surface area contributed by atoms with Gasteiger partial charge in [-0.15, -0.1) is 0 Å². The molecule has 0 aliphatic heterocycles. The normalized spacial score (nSPS) is 14.1. The number of nitrogens with one attached hydrogen (secondary N) is 1. The lowest BCUT2D eigenvalue weighted by Gasteiger charge is -2.24. The maximum atomic E-state index is 13.7. The molecule has 116 valence electrons. The van der Waals surface area contributed by atoms with Crippen molar-refractivity contribution < 1.29 is 28.9 Å². The van der Waals surface area contributed by atoms with E-state index in [2.05, 4.69) is 10.3 Å². The van der Waals surface area contributed by atoms with Crippen molar-refractivity contribution in [2.24, 2.45) is 0 Å². The zero-order valence-electron chi connectivity index (χ0n) is 11.8. The van der Waals surface area contributed by atoms with Gasteiger partial charge in [-0.05, 0) is 32.9 Å². The Kier molecular flexibility index (Phi) is 5.20. The second-order valence-electron chi connectivity index (χ2n) is 5.28. The first-order chi connectivity index (χ1) is 9.61. The van der Waals surface area contributed by atoms with Crippen LogP contribution in [0.3, 0.4) is 0 Å². The van der Waals surface area contributed by atoms with Gasteiger partial charge in [-0.2, -0.15) is 0 Å². The summed E-state index contributed by atoms with van der Waals surface area (Å²) in [7, 11) is 0. The summed E-state index contributed by atoms with van der Waals surface area (Å²) in [6.07, 6.45) is -1.84. The van der Waals surface area contributed by atoms with Crippen LogP contribution in [-0.2, 0) is 9.53 Å². The summed E-state index contributed by atoms with van der Waals surface area (Å²) < 4.78 is 18.6. The summed E-state index contributed by atoms with van der Waals surface area (Å²) in [6, 6.07) is 0.774. The van der Waals surface area contributed by atoms with Crippen molar-refractivity contribution in [2.45, 2.75) is 38.5 Å². The third-order valence-electron chi connectivity index (χ3n) is 2.32. The molecule has 3 N–H and O–H groups in total. The van der Waals surface area contributed by atoms with Crippen LogP contribution in [0.4, 0.5) is 9.18 Å².